The van der Waals surface area contributed by atoms with Crippen molar-refractivity contribution in [3.8, 4) is 11.0 Å². The molecule has 4 heteroatoms. The van der Waals surface area contributed by atoms with Gasteiger partial charge in [-0.15, -0.1) is 0 Å². The van der Waals surface area contributed by atoms with Crippen molar-refractivity contribution in [2.24, 2.45) is 17.8 Å². The average molecular weight is 383 g/mol. The monoisotopic (exact) mass is 382 g/mol. The van der Waals surface area contributed by atoms with Crippen LogP contribution in [-0.2, 0) is 11.2 Å². The Kier molecular flexibility index (Phi) is 3.99. The smallest absolute Gasteiger partial charge is 0.139 e. The number of aromatic nitrogens is 2. The minimum Gasteiger partial charge on any atom is -0.226 e. The molecule has 2 aromatic rings. The van der Waals surface area contributed by atoms with E-state index in [4.69, 9.17) is 9.73 Å². The first kappa shape index (κ1) is 17.2. The summed E-state index contributed by atoms with van der Waals surface area (Å²) in [4.78, 5) is 5.33. The van der Waals surface area contributed by atoms with Gasteiger partial charge in [-0.2, -0.15) is 0 Å². The zero-order valence-electron chi connectivity index (χ0n) is 16.4. The Bertz CT molecular complexity index is 770. The maximum atomic E-state index is 5.43. The summed E-state index contributed by atoms with van der Waals surface area (Å²) in [5, 5.41) is 0. The zero-order valence-corrected chi connectivity index (χ0v) is 18.3. The van der Waals surface area contributed by atoms with Gasteiger partial charge in [0, 0.05) is 11.0 Å². The van der Waals surface area contributed by atoms with E-state index in [1.54, 1.807) is 0 Å². The van der Waals surface area contributed by atoms with Gasteiger partial charge in [0.2, 0.25) is 0 Å². The Balaban J connectivity index is 1.58. The highest BCUT2D eigenvalue weighted by Crippen LogP contribution is 2.61. The first-order chi connectivity index (χ1) is 12.4. The summed E-state index contributed by atoms with van der Waals surface area (Å²) < 4.78 is 5.43. The molecule has 0 N–H and O–H groups in total. The van der Waals surface area contributed by atoms with Crippen molar-refractivity contribution < 1.29 is 0 Å². The third kappa shape index (κ3) is 3.02. The summed E-state index contributed by atoms with van der Waals surface area (Å²) >= 11 is 0. The minimum absolute atomic E-state index is 0.339. The SMILES string of the molecule is C[Si](C)(C)Cp1nc(C23CC4CC(CC(C4)C2)C3)nc1-c1ccccc1. The third-order valence-corrected chi connectivity index (χ3v) is 13.1. The van der Waals surface area contributed by atoms with Gasteiger partial charge < -0.3 is 0 Å². The lowest BCUT2D eigenvalue weighted by atomic mass is 9.49. The molecule has 1 heterocycles. The number of benzene rings is 1. The van der Waals surface area contributed by atoms with Gasteiger partial charge in [-0.05, 0) is 69.8 Å². The van der Waals surface area contributed by atoms with Crippen LogP contribution in [0.1, 0.15) is 44.3 Å². The molecule has 0 aliphatic heterocycles. The summed E-state index contributed by atoms with van der Waals surface area (Å²) in [6.45, 7) is 7.45. The van der Waals surface area contributed by atoms with Crippen LogP contribution in [0, 0.1) is 17.8 Å². The second kappa shape index (κ2) is 6.04. The Morgan fingerprint density at radius 3 is 2.08 bits per heavy atom. The molecule has 0 saturated heterocycles. The predicted octanol–water partition coefficient (Wildman–Crippen LogP) is 6.48. The van der Waals surface area contributed by atoms with E-state index in [0.29, 0.717) is 5.41 Å². The van der Waals surface area contributed by atoms with E-state index in [9.17, 15) is 0 Å². The molecule has 1 atom stereocenters. The van der Waals surface area contributed by atoms with Crippen LogP contribution < -0.4 is 0 Å². The van der Waals surface area contributed by atoms with Gasteiger partial charge in [0.1, 0.15) is 11.3 Å². The molecule has 4 aliphatic carbocycles. The van der Waals surface area contributed by atoms with Crippen LogP contribution in [-0.4, -0.2) is 17.8 Å². The normalized spacial score (nSPS) is 33.7. The molecule has 4 aliphatic rings. The van der Waals surface area contributed by atoms with Gasteiger partial charge in [0.05, 0.1) is 8.07 Å². The lowest BCUT2D eigenvalue weighted by molar-refractivity contribution is -0.00881. The van der Waals surface area contributed by atoms with E-state index >= 15 is 0 Å². The Morgan fingerprint density at radius 1 is 0.962 bits per heavy atom. The Hall–Kier alpha value is -0.923. The van der Waals surface area contributed by atoms with Gasteiger partial charge >= 0.3 is 0 Å². The van der Waals surface area contributed by atoms with Crippen molar-refractivity contribution in [2.45, 2.75) is 69.4 Å². The predicted molar refractivity (Wildman–Crippen MR) is 113 cm³/mol. The molecule has 138 valence electrons. The average Bonchev–Trinajstić information content (AvgIpc) is 2.97. The third-order valence-electron chi connectivity index (χ3n) is 6.84. The van der Waals surface area contributed by atoms with Gasteiger partial charge in [0.15, 0.2) is 0 Å². The van der Waals surface area contributed by atoms with Crippen molar-refractivity contribution in [3.63, 3.8) is 0 Å². The van der Waals surface area contributed by atoms with Crippen LogP contribution in [0.5, 0.6) is 0 Å². The second-order valence-electron chi connectivity index (χ2n) is 10.5. The minimum atomic E-state index is -1.17. The zero-order chi connectivity index (χ0) is 17.9. The standard InChI is InChI=1S/C22H31N2PSi/c1-26(2,3)15-25-20(19-7-5-4-6-8-19)23-21(24-25)22-12-16-9-17(13-22)11-18(10-16)14-22/h4-8,16-18H,9-15H2,1-3H3. The molecule has 4 fully saturated rings. The fraction of sp³-hybridized carbons (Fsp3) is 0.636. The largest absolute Gasteiger partial charge is 0.226 e. The number of rotatable bonds is 4. The van der Waals surface area contributed by atoms with E-state index in [2.05, 4.69) is 50.0 Å². The Labute approximate surface area is 160 Å². The summed E-state index contributed by atoms with van der Waals surface area (Å²) in [6, 6.07) is 10.9. The van der Waals surface area contributed by atoms with E-state index in [1.165, 1.54) is 61.1 Å². The van der Waals surface area contributed by atoms with Gasteiger partial charge in [-0.1, -0.05) is 50.0 Å². The fourth-order valence-corrected chi connectivity index (χ4v) is 12.0. The molecule has 4 bridgehead atoms. The summed E-state index contributed by atoms with van der Waals surface area (Å²) in [5.41, 5.74) is 2.99. The molecule has 1 aromatic heterocycles. The molecule has 2 nitrogen and oxygen atoms in total. The summed E-state index contributed by atoms with van der Waals surface area (Å²) in [5.74, 6) is 5.44. The fourth-order valence-electron chi connectivity index (χ4n) is 6.31. The van der Waals surface area contributed by atoms with Crippen molar-refractivity contribution in [1.29, 1.82) is 0 Å². The van der Waals surface area contributed by atoms with E-state index in [-0.39, 0.29) is 0 Å². The van der Waals surface area contributed by atoms with E-state index < -0.39 is 15.8 Å². The Morgan fingerprint density at radius 2 is 1.54 bits per heavy atom. The number of nitrogens with zero attached hydrogens (tertiary/aromatic N) is 2. The molecule has 1 unspecified atom stereocenters. The molecule has 1 aromatic carbocycles. The molecule has 0 amide bonds. The van der Waals surface area contributed by atoms with Crippen molar-refractivity contribution >= 4 is 15.8 Å². The maximum Gasteiger partial charge on any atom is 0.139 e. The molecule has 26 heavy (non-hydrogen) atoms. The second-order valence-corrected chi connectivity index (χ2v) is 18.4. The summed E-state index contributed by atoms with van der Waals surface area (Å²) in [7, 11) is -1.64. The maximum absolute atomic E-state index is 5.43. The molecule has 0 spiro atoms. The lowest BCUT2D eigenvalue weighted by Crippen LogP contribution is -2.49. The van der Waals surface area contributed by atoms with Crippen LogP contribution in [0.4, 0.5) is 0 Å². The molecular formula is C22H31N2PSi. The van der Waals surface area contributed by atoms with Crippen molar-refractivity contribution in [2.75, 3.05) is 0 Å². The lowest BCUT2D eigenvalue weighted by Gasteiger charge is -2.55. The first-order valence-corrected chi connectivity index (χ1v) is 15.6. The number of hydrogen-bond donors (Lipinski definition) is 0. The number of hydrogen-bond acceptors (Lipinski definition) is 2. The van der Waals surface area contributed by atoms with Crippen LogP contribution in [0.3, 0.4) is 0 Å². The highest BCUT2D eigenvalue weighted by molar-refractivity contribution is 7.51. The van der Waals surface area contributed by atoms with E-state index in [1.807, 2.05) is 0 Å². The van der Waals surface area contributed by atoms with E-state index in [0.717, 1.165) is 17.8 Å². The highest BCUT2D eigenvalue weighted by Gasteiger charge is 2.53. The topological polar surface area (TPSA) is 25.8 Å². The van der Waals surface area contributed by atoms with Crippen LogP contribution in [0.2, 0.25) is 19.6 Å². The first-order valence-electron chi connectivity index (χ1n) is 10.4. The van der Waals surface area contributed by atoms with Crippen molar-refractivity contribution in [1.82, 2.24) is 9.73 Å². The quantitative estimate of drug-likeness (QED) is 0.566. The van der Waals surface area contributed by atoms with Gasteiger partial charge in [-0.3, -0.25) is 0 Å². The van der Waals surface area contributed by atoms with Crippen LogP contribution in [0.25, 0.3) is 11.0 Å². The van der Waals surface area contributed by atoms with Crippen LogP contribution in [0.15, 0.2) is 30.3 Å². The van der Waals surface area contributed by atoms with Gasteiger partial charge in [0.25, 0.3) is 0 Å². The highest BCUT2D eigenvalue weighted by atomic mass is 31.1. The molecule has 6 rings (SSSR count). The molecular weight excluding hydrogens is 351 g/mol. The molecule has 0 radical (unpaired) electrons. The van der Waals surface area contributed by atoms with Crippen molar-refractivity contribution in [3.05, 3.63) is 36.2 Å². The van der Waals surface area contributed by atoms with Gasteiger partial charge in [-0.25, -0.2) is 9.73 Å². The molecule has 4 saturated carbocycles. The van der Waals surface area contributed by atoms with Crippen LogP contribution >= 0.6 is 7.69 Å². The summed E-state index contributed by atoms with van der Waals surface area (Å²) in [6.07, 6.45) is 8.60.